The molecule has 0 aliphatic carbocycles. The number of nitrogen functional groups attached to an aromatic ring is 2. The molecule has 104 valence electrons. The first-order valence-corrected chi connectivity index (χ1v) is 6.35. The van der Waals surface area contributed by atoms with E-state index in [0.717, 1.165) is 16.7 Å². The van der Waals surface area contributed by atoms with Crippen LogP contribution in [0.25, 0.3) is 0 Å². The Hall–Kier alpha value is -2.49. The number of aryl methyl sites for hydroxylation is 2. The van der Waals surface area contributed by atoms with Crippen molar-refractivity contribution in [3.8, 4) is 0 Å². The van der Waals surface area contributed by atoms with Gasteiger partial charge in [-0.15, -0.1) is 0 Å². The predicted octanol–water partition coefficient (Wildman–Crippen LogP) is 2.82. The van der Waals surface area contributed by atoms with Crippen LogP contribution in [-0.4, -0.2) is 5.97 Å². The van der Waals surface area contributed by atoms with Crippen LogP contribution < -0.4 is 11.5 Å². The van der Waals surface area contributed by atoms with E-state index in [-0.39, 0.29) is 6.61 Å². The smallest absolute Gasteiger partial charge is 0.340 e. The zero-order valence-electron chi connectivity index (χ0n) is 11.6. The second kappa shape index (κ2) is 5.65. The zero-order valence-corrected chi connectivity index (χ0v) is 11.6. The summed E-state index contributed by atoms with van der Waals surface area (Å²) in [6, 6.07) is 10.8. The number of hydrogen-bond donors (Lipinski definition) is 2. The summed E-state index contributed by atoms with van der Waals surface area (Å²) in [5.74, 6) is -0.441. The minimum Gasteiger partial charge on any atom is -0.457 e. The first kappa shape index (κ1) is 13.9. The third kappa shape index (κ3) is 3.09. The summed E-state index contributed by atoms with van der Waals surface area (Å²) >= 11 is 0. The molecule has 4 nitrogen and oxygen atoms in total. The van der Waals surface area contributed by atoms with E-state index in [4.69, 9.17) is 16.2 Å². The lowest BCUT2D eigenvalue weighted by atomic mass is 10.1. The summed E-state index contributed by atoms with van der Waals surface area (Å²) in [5.41, 5.74) is 15.8. The summed E-state index contributed by atoms with van der Waals surface area (Å²) < 4.78 is 5.31. The van der Waals surface area contributed by atoms with Crippen molar-refractivity contribution in [3.05, 3.63) is 58.7 Å². The summed E-state index contributed by atoms with van der Waals surface area (Å²) in [6.45, 7) is 4.22. The van der Waals surface area contributed by atoms with Crippen LogP contribution in [0.2, 0.25) is 0 Å². The van der Waals surface area contributed by atoms with Gasteiger partial charge >= 0.3 is 5.97 Å². The van der Waals surface area contributed by atoms with Crippen LogP contribution >= 0.6 is 0 Å². The van der Waals surface area contributed by atoms with Crippen molar-refractivity contribution < 1.29 is 9.53 Å². The Morgan fingerprint density at radius 3 is 2.55 bits per heavy atom. The molecule has 0 radical (unpaired) electrons. The van der Waals surface area contributed by atoms with Gasteiger partial charge in [0, 0.05) is 11.4 Å². The molecule has 0 aromatic heterocycles. The number of carbonyl (C=O) groups excluding carboxylic acids is 1. The van der Waals surface area contributed by atoms with Gasteiger partial charge in [-0.25, -0.2) is 4.79 Å². The number of carbonyl (C=O) groups is 1. The second-order valence-corrected chi connectivity index (χ2v) is 4.85. The molecular formula is C16H18N2O2. The van der Waals surface area contributed by atoms with E-state index in [9.17, 15) is 4.79 Å². The summed E-state index contributed by atoms with van der Waals surface area (Å²) in [6.07, 6.45) is 0. The number of ether oxygens (including phenoxy) is 1. The molecule has 4 N–H and O–H groups in total. The Balaban J connectivity index is 2.10. The van der Waals surface area contributed by atoms with E-state index in [0.29, 0.717) is 16.9 Å². The maximum atomic E-state index is 12.0. The van der Waals surface area contributed by atoms with Crippen molar-refractivity contribution in [2.75, 3.05) is 11.5 Å². The van der Waals surface area contributed by atoms with E-state index in [1.54, 1.807) is 18.2 Å². The molecule has 0 fully saturated rings. The fourth-order valence-corrected chi connectivity index (χ4v) is 1.94. The van der Waals surface area contributed by atoms with Crippen LogP contribution in [-0.2, 0) is 11.3 Å². The molecule has 0 heterocycles. The molecule has 0 aliphatic heterocycles. The Morgan fingerprint density at radius 1 is 1.10 bits per heavy atom. The molecule has 0 aliphatic rings. The van der Waals surface area contributed by atoms with Crippen LogP contribution in [0.5, 0.6) is 0 Å². The van der Waals surface area contributed by atoms with Gasteiger partial charge in [-0.05, 0) is 43.2 Å². The molecule has 2 rings (SSSR count). The molecule has 20 heavy (non-hydrogen) atoms. The third-order valence-electron chi connectivity index (χ3n) is 3.16. The number of benzene rings is 2. The van der Waals surface area contributed by atoms with Crippen LogP contribution in [0.4, 0.5) is 11.4 Å². The quantitative estimate of drug-likeness (QED) is 0.664. The molecule has 0 unspecified atom stereocenters. The van der Waals surface area contributed by atoms with Gasteiger partial charge in [-0.2, -0.15) is 0 Å². The lowest BCUT2D eigenvalue weighted by Crippen LogP contribution is -2.09. The maximum Gasteiger partial charge on any atom is 0.340 e. The molecule has 2 aromatic carbocycles. The Labute approximate surface area is 118 Å². The lowest BCUT2D eigenvalue weighted by molar-refractivity contribution is 0.0473. The van der Waals surface area contributed by atoms with Gasteiger partial charge < -0.3 is 16.2 Å². The van der Waals surface area contributed by atoms with Gasteiger partial charge in [-0.3, -0.25) is 0 Å². The van der Waals surface area contributed by atoms with Crippen LogP contribution in [0.1, 0.15) is 27.0 Å². The normalized spacial score (nSPS) is 10.3. The van der Waals surface area contributed by atoms with E-state index in [1.165, 1.54) is 0 Å². The topological polar surface area (TPSA) is 78.3 Å². The largest absolute Gasteiger partial charge is 0.457 e. The Kier molecular flexibility index (Phi) is 3.94. The van der Waals surface area contributed by atoms with E-state index in [1.807, 2.05) is 32.0 Å². The van der Waals surface area contributed by atoms with E-state index < -0.39 is 5.97 Å². The molecule has 0 saturated carbocycles. The summed E-state index contributed by atoms with van der Waals surface area (Å²) in [4.78, 5) is 12.0. The first-order valence-electron chi connectivity index (χ1n) is 6.35. The van der Waals surface area contributed by atoms with Crippen LogP contribution in [0.15, 0.2) is 36.4 Å². The number of nitrogens with two attached hydrogens (primary N) is 2. The first-order chi connectivity index (χ1) is 9.47. The average molecular weight is 270 g/mol. The van der Waals surface area contributed by atoms with Crippen molar-refractivity contribution >= 4 is 17.3 Å². The Morgan fingerprint density at radius 2 is 1.85 bits per heavy atom. The highest BCUT2D eigenvalue weighted by molar-refractivity contribution is 5.95. The molecule has 0 spiro atoms. The second-order valence-electron chi connectivity index (χ2n) is 4.85. The standard InChI is InChI=1S/C16H18N2O2/c1-10-3-4-11(2)12(7-10)9-20-16(19)14-6-5-13(17)8-15(14)18/h3-8H,9,17-18H2,1-2H3. The number of rotatable bonds is 3. The molecule has 0 amide bonds. The fourth-order valence-electron chi connectivity index (χ4n) is 1.94. The average Bonchev–Trinajstić information content (AvgIpc) is 2.39. The molecule has 4 heteroatoms. The van der Waals surface area contributed by atoms with Gasteiger partial charge in [0.15, 0.2) is 0 Å². The highest BCUT2D eigenvalue weighted by Crippen LogP contribution is 2.18. The molecule has 0 bridgehead atoms. The number of anilines is 2. The monoisotopic (exact) mass is 270 g/mol. The van der Waals surface area contributed by atoms with Gasteiger partial charge in [0.05, 0.1) is 5.56 Å². The van der Waals surface area contributed by atoms with Crippen LogP contribution in [0.3, 0.4) is 0 Å². The van der Waals surface area contributed by atoms with Gasteiger partial charge in [0.25, 0.3) is 0 Å². The molecule has 0 saturated heterocycles. The minimum absolute atomic E-state index is 0.232. The molecule has 0 atom stereocenters. The van der Waals surface area contributed by atoms with Gasteiger partial charge in [-0.1, -0.05) is 23.8 Å². The van der Waals surface area contributed by atoms with Gasteiger partial charge in [0.1, 0.15) is 6.61 Å². The highest BCUT2D eigenvalue weighted by Gasteiger charge is 2.12. The molecular weight excluding hydrogens is 252 g/mol. The third-order valence-corrected chi connectivity index (χ3v) is 3.16. The number of hydrogen-bond acceptors (Lipinski definition) is 4. The fraction of sp³-hybridized carbons (Fsp3) is 0.188. The van der Waals surface area contributed by atoms with Crippen molar-refractivity contribution in [3.63, 3.8) is 0 Å². The van der Waals surface area contributed by atoms with E-state index in [2.05, 4.69) is 0 Å². The lowest BCUT2D eigenvalue weighted by Gasteiger charge is -2.10. The minimum atomic E-state index is -0.441. The zero-order chi connectivity index (χ0) is 14.7. The predicted molar refractivity (Wildman–Crippen MR) is 80.3 cm³/mol. The van der Waals surface area contributed by atoms with Crippen molar-refractivity contribution in [2.45, 2.75) is 20.5 Å². The van der Waals surface area contributed by atoms with Crippen molar-refractivity contribution in [2.24, 2.45) is 0 Å². The summed E-state index contributed by atoms with van der Waals surface area (Å²) in [7, 11) is 0. The Bertz CT molecular complexity index is 651. The van der Waals surface area contributed by atoms with Crippen molar-refractivity contribution in [1.82, 2.24) is 0 Å². The SMILES string of the molecule is Cc1ccc(C)c(COC(=O)c2ccc(N)cc2N)c1. The molecule has 2 aromatic rings. The summed E-state index contributed by atoms with van der Waals surface area (Å²) in [5, 5.41) is 0. The highest BCUT2D eigenvalue weighted by atomic mass is 16.5. The van der Waals surface area contributed by atoms with Crippen LogP contribution in [0, 0.1) is 13.8 Å². The van der Waals surface area contributed by atoms with Crippen molar-refractivity contribution in [1.29, 1.82) is 0 Å². The van der Waals surface area contributed by atoms with Gasteiger partial charge in [0.2, 0.25) is 0 Å². The number of esters is 1. The maximum absolute atomic E-state index is 12.0. The van der Waals surface area contributed by atoms with E-state index >= 15 is 0 Å².